The monoisotopic (exact) mass is 424 g/mol. The minimum Gasteiger partial charge on any atom is -0.493 e. The van der Waals surface area contributed by atoms with Gasteiger partial charge in [-0.05, 0) is 44.2 Å². The molecule has 2 aliphatic rings. The molecule has 7 nitrogen and oxygen atoms in total. The Balaban J connectivity index is 1.61. The second-order valence-corrected chi connectivity index (χ2v) is 7.75. The molecule has 1 atom stereocenters. The predicted octanol–water partition coefficient (Wildman–Crippen LogP) is 2.98. The number of benzene rings is 2. The highest BCUT2D eigenvalue weighted by molar-refractivity contribution is 5.97. The Morgan fingerprint density at radius 1 is 1.10 bits per heavy atom. The zero-order chi connectivity index (χ0) is 21.8. The average Bonchev–Trinajstić information content (AvgIpc) is 2.97. The number of carbonyl (C=O) groups excluding carboxylic acids is 2. The Bertz CT molecular complexity index is 955. The predicted molar refractivity (Wildman–Crippen MR) is 116 cm³/mol. The van der Waals surface area contributed by atoms with Gasteiger partial charge >= 0.3 is 0 Å². The molecule has 2 aliphatic heterocycles. The molecule has 0 saturated carbocycles. The second-order valence-electron chi connectivity index (χ2n) is 7.75. The van der Waals surface area contributed by atoms with Crippen molar-refractivity contribution in [1.29, 1.82) is 0 Å². The van der Waals surface area contributed by atoms with Crippen LogP contribution < -0.4 is 9.47 Å². The van der Waals surface area contributed by atoms with Gasteiger partial charge in [0.1, 0.15) is 18.1 Å². The Kier molecular flexibility index (Phi) is 6.42. The van der Waals surface area contributed by atoms with Gasteiger partial charge in [0, 0.05) is 24.2 Å². The Morgan fingerprint density at radius 2 is 1.87 bits per heavy atom. The number of rotatable bonds is 4. The number of amides is 2. The lowest BCUT2D eigenvalue weighted by Crippen LogP contribution is -2.41. The lowest BCUT2D eigenvalue weighted by atomic mass is 10.1. The lowest BCUT2D eigenvalue weighted by molar-refractivity contribution is 0.0303. The van der Waals surface area contributed by atoms with Crippen LogP contribution in [0.5, 0.6) is 11.5 Å². The van der Waals surface area contributed by atoms with Crippen LogP contribution in [0.2, 0.25) is 0 Å². The van der Waals surface area contributed by atoms with E-state index in [4.69, 9.17) is 14.2 Å². The van der Waals surface area contributed by atoms with Gasteiger partial charge in [-0.2, -0.15) is 0 Å². The highest BCUT2D eigenvalue weighted by atomic mass is 16.5. The van der Waals surface area contributed by atoms with Crippen molar-refractivity contribution < 1.29 is 23.8 Å². The average molecular weight is 424 g/mol. The Morgan fingerprint density at radius 3 is 2.65 bits per heavy atom. The fraction of sp³-hybridized carbons (Fsp3) is 0.417. The van der Waals surface area contributed by atoms with Crippen molar-refractivity contribution in [2.45, 2.75) is 26.4 Å². The standard InChI is InChI=1S/C24H28N2O5/c1-3-30-22-7-5-4-6-20(22)24(28)26-15-19-14-18(8-9-21(19)31-16-17(26)2)23(27)25-10-12-29-13-11-25/h4-9,14,17H,3,10-13,15-16H2,1-2H3/t17-/m0/s1. The van der Waals surface area contributed by atoms with Crippen molar-refractivity contribution in [3.05, 3.63) is 59.2 Å². The zero-order valence-corrected chi connectivity index (χ0v) is 18.0. The van der Waals surface area contributed by atoms with E-state index in [0.29, 0.717) is 68.7 Å². The van der Waals surface area contributed by atoms with E-state index in [0.717, 1.165) is 5.56 Å². The van der Waals surface area contributed by atoms with Gasteiger partial charge < -0.3 is 24.0 Å². The summed E-state index contributed by atoms with van der Waals surface area (Å²) < 4.78 is 17.0. The van der Waals surface area contributed by atoms with E-state index >= 15 is 0 Å². The van der Waals surface area contributed by atoms with Crippen molar-refractivity contribution in [3.8, 4) is 11.5 Å². The minimum absolute atomic E-state index is 0.0250. The molecular weight excluding hydrogens is 396 g/mol. The maximum atomic E-state index is 13.4. The highest BCUT2D eigenvalue weighted by Gasteiger charge is 2.29. The summed E-state index contributed by atoms with van der Waals surface area (Å²) in [7, 11) is 0. The van der Waals surface area contributed by atoms with Gasteiger partial charge in [0.2, 0.25) is 0 Å². The molecule has 0 N–H and O–H groups in total. The number of fused-ring (bicyclic) bond motifs is 1. The minimum atomic E-state index is -0.132. The molecule has 31 heavy (non-hydrogen) atoms. The molecule has 2 heterocycles. The first-order chi connectivity index (χ1) is 15.1. The number of nitrogens with zero attached hydrogens (tertiary/aromatic N) is 2. The molecule has 0 spiro atoms. The van der Waals surface area contributed by atoms with E-state index in [1.807, 2.05) is 44.2 Å². The van der Waals surface area contributed by atoms with Gasteiger partial charge in [0.05, 0.1) is 38.0 Å². The molecule has 2 aromatic rings. The molecule has 0 aromatic heterocycles. The van der Waals surface area contributed by atoms with E-state index in [9.17, 15) is 9.59 Å². The van der Waals surface area contributed by atoms with Crippen molar-refractivity contribution in [2.24, 2.45) is 0 Å². The summed E-state index contributed by atoms with van der Waals surface area (Å²) in [5.41, 5.74) is 1.95. The lowest BCUT2D eigenvalue weighted by Gasteiger charge is -2.28. The topological polar surface area (TPSA) is 68.3 Å². The quantitative estimate of drug-likeness (QED) is 0.755. The van der Waals surface area contributed by atoms with Crippen molar-refractivity contribution in [3.63, 3.8) is 0 Å². The Hall–Kier alpha value is -3.06. The fourth-order valence-electron chi connectivity index (χ4n) is 3.92. The molecular formula is C24H28N2O5. The van der Waals surface area contributed by atoms with Gasteiger partial charge in [-0.15, -0.1) is 0 Å². The number of morpholine rings is 1. The highest BCUT2D eigenvalue weighted by Crippen LogP contribution is 2.29. The van der Waals surface area contributed by atoms with Crippen LogP contribution >= 0.6 is 0 Å². The molecule has 0 unspecified atom stereocenters. The molecule has 4 rings (SSSR count). The molecule has 1 saturated heterocycles. The number of para-hydroxylation sites is 1. The zero-order valence-electron chi connectivity index (χ0n) is 18.0. The first-order valence-corrected chi connectivity index (χ1v) is 10.7. The first-order valence-electron chi connectivity index (χ1n) is 10.7. The van der Waals surface area contributed by atoms with Gasteiger partial charge in [0.25, 0.3) is 11.8 Å². The van der Waals surface area contributed by atoms with Crippen LogP contribution in [0.1, 0.15) is 40.1 Å². The second kappa shape index (κ2) is 9.39. The van der Waals surface area contributed by atoms with Crippen LogP contribution in [0.15, 0.2) is 42.5 Å². The summed E-state index contributed by atoms with van der Waals surface area (Å²) in [6.07, 6.45) is 0. The molecule has 0 bridgehead atoms. The van der Waals surface area contributed by atoms with Crippen LogP contribution in [-0.4, -0.2) is 67.2 Å². The largest absolute Gasteiger partial charge is 0.493 e. The first kappa shape index (κ1) is 21.2. The summed E-state index contributed by atoms with van der Waals surface area (Å²) >= 11 is 0. The molecule has 1 fully saturated rings. The third-order valence-electron chi connectivity index (χ3n) is 5.64. The van der Waals surface area contributed by atoms with E-state index in [1.54, 1.807) is 21.9 Å². The van der Waals surface area contributed by atoms with E-state index in [-0.39, 0.29) is 17.9 Å². The van der Waals surface area contributed by atoms with Gasteiger partial charge in [-0.25, -0.2) is 0 Å². The Labute approximate surface area is 182 Å². The molecule has 2 aromatic carbocycles. The molecule has 2 amide bonds. The van der Waals surface area contributed by atoms with Crippen LogP contribution in [0.25, 0.3) is 0 Å². The van der Waals surface area contributed by atoms with Crippen LogP contribution in [-0.2, 0) is 11.3 Å². The van der Waals surface area contributed by atoms with Crippen molar-refractivity contribution in [2.75, 3.05) is 39.5 Å². The third kappa shape index (κ3) is 4.51. The molecule has 0 radical (unpaired) electrons. The third-order valence-corrected chi connectivity index (χ3v) is 5.64. The summed E-state index contributed by atoms with van der Waals surface area (Å²) in [6.45, 7) is 7.37. The smallest absolute Gasteiger partial charge is 0.258 e. The van der Waals surface area contributed by atoms with Gasteiger partial charge in [-0.1, -0.05) is 12.1 Å². The van der Waals surface area contributed by atoms with E-state index in [1.165, 1.54) is 0 Å². The van der Waals surface area contributed by atoms with E-state index in [2.05, 4.69) is 0 Å². The number of hydrogen-bond acceptors (Lipinski definition) is 5. The van der Waals surface area contributed by atoms with Crippen molar-refractivity contribution in [1.82, 2.24) is 9.80 Å². The van der Waals surface area contributed by atoms with Crippen molar-refractivity contribution >= 4 is 11.8 Å². The normalized spacial score (nSPS) is 18.6. The summed E-state index contributed by atoms with van der Waals surface area (Å²) in [5.74, 6) is 1.14. The SMILES string of the molecule is CCOc1ccccc1C(=O)N1Cc2cc(C(=O)N3CCOCC3)ccc2OC[C@@H]1C. The summed E-state index contributed by atoms with van der Waals surface area (Å²) in [5, 5.41) is 0. The fourth-order valence-corrected chi connectivity index (χ4v) is 3.92. The van der Waals surface area contributed by atoms with E-state index < -0.39 is 0 Å². The van der Waals surface area contributed by atoms with Gasteiger partial charge in [0.15, 0.2) is 0 Å². The van der Waals surface area contributed by atoms with Crippen LogP contribution in [0, 0.1) is 0 Å². The summed E-state index contributed by atoms with van der Waals surface area (Å²) in [6, 6.07) is 12.6. The molecule has 7 heteroatoms. The number of carbonyl (C=O) groups is 2. The molecule has 0 aliphatic carbocycles. The number of hydrogen-bond donors (Lipinski definition) is 0. The summed E-state index contributed by atoms with van der Waals surface area (Å²) in [4.78, 5) is 29.9. The van der Waals surface area contributed by atoms with Gasteiger partial charge in [-0.3, -0.25) is 9.59 Å². The maximum absolute atomic E-state index is 13.4. The van der Waals surface area contributed by atoms with Crippen LogP contribution in [0.3, 0.4) is 0 Å². The molecule has 164 valence electrons. The maximum Gasteiger partial charge on any atom is 0.258 e. The van der Waals surface area contributed by atoms with Crippen LogP contribution in [0.4, 0.5) is 0 Å². The number of ether oxygens (including phenoxy) is 3.